The molecule has 1 aromatic carbocycles. The van der Waals surface area contributed by atoms with E-state index in [0.29, 0.717) is 24.2 Å². The third kappa shape index (κ3) is 5.15. The maximum atomic E-state index is 13.9. The Morgan fingerprint density at radius 3 is 2.56 bits per heavy atom. The number of hydrogen-bond acceptors (Lipinski definition) is 2. The monoisotopic (exact) mass is 444 g/mol. The molecule has 3 aromatic rings. The summed E-state index contributed by atoms with van der Waals surface area (Å²) in [6.45, 7) is 0.902. The quantitative estimate of drug-likeness (QED) is 0.424. The van der Waals surface area contributed by atoms with E-state index < -0.39 is 17.7 Å². The highest BCUT2D eigenvalue weighted by molar-refractivity contribution is 5.72. The van der Waals surface area contributed by atoms with Crippen molar-refractivity contribution in [2.75, 3.05) is 6.54 Å². The van der Waals surface area contributed by atoms with Gasteiger partial charge in [0.15, 0.2) is 0 Å². The van der Waals surface area contributed by atoms with Crippen molar-refractivity contribution in [3.63, 3.8) is 0 Å². The number of nitrogens with one attached hydrogen (secondary N) is 1. The first-order valence-corrected chi connectivity index (χ1v) is 11.1. The lowest BCUT2D eigenvalue weighted by molar-refractivity contribution is -0.138. The minimum absolute atomic E-state index is 0.0151. The normalized spacial score (nSPS) is 15.3. The van der Waals surface area contributed by atoms with Crippen molar-refractivity contribution in [1.29, 1.82) is 0 Å². The summed E-state index contributed by atoms with van der Waals surface area (Å²) in [6.07, 6.45) is 4.10. The second-order valence-electron chi connectivity index (χ2n) is 8.55. The summed E-state index contributed by atoms with van der Waals surface area (Å²) in [6, 6.07) is 10.5. The van der Waals surface area contributed by atoms with E-state index in [-0.39, 0.29) is 12.3 Å². The number of benzene rings is 1. The summed E-state index contributed by atoms with van der Waals surface area (Å²) in [5.74, 6) is -0.865. The molecule has 1 aliphatic rings. The van der Waals surface area contributed by atoms with E-state index >= 15 is 0 Å². The van der Waals surface area contributed by atoms with Crippen LogP contribution in [0.4, 0.5) is 13.2 Å². The highest BCUT2D eigenvalue weighted by Crippen LogP contribution is 2.42. The van der Waals surface area contributed by atoms with Gasteiger partial charge in [-0.2, -0.15) is 13.2 Å². The largest absolute Gasteiger partial charge is 0.481 e. The molecule has 2 heterocycles. The molecule has 2 aromatic heterocycles. The van der Waals surface area contributed by atoms with Crippen molar-refractivity contribution in [3.05, 3.63) is 65.5 Å². The van der Waals surface area contributed by atoms with E-state index in [1.54, 1.807) is 6.07 Å². The summed E-state index contributed by atoms with van der Waals surface area (Å²) in [5.41, 5.74) is 3.07. The van der Waals surface area contributed by atoms with Crippen molar-refractivity contribution in [2.24, 2.45) is 0 Å². The molecule has 170 valence electrons. The average Bonchev–Trinajstić information content (AvgIpc) is 3.20. The zero-order chi connectivity index (χ0) is 22.7. The number of nitrogens with zero attached hydrogens (tertiary/aromatic N) is 1. The predicted octanol–water partition coefficient (Wildman–Crippen LogP) is 6.24. The number of pyridine rings is 1. The number of rotatable bonds is 7. The molecule has 1 saturated carbocycles. The maximum absolute atomic E-state index is 13.9. The Kier molecular flexibility index (Phi) is 6.55. The van der Waals surface area contributed by atoms with Gasteiger partial charge in [-0.15, -0.1) is 0 Å². The van der Waals surface area contributed by atoms with Crippen LogP contribution in [0.1, 0.15) is 61.1 Å². The Labute approximate surface area is 185 Å². The van der Waals surface area contributed by atoms with Crippen molar-refractivity contribution >= 4 is 11.5 Å². The number of fused-ring (bicyclic) bond motifs is 1. The molecule has 0 bridgehead atoms. The molecule has 0 amide bonds. The Hall–Kier alpha value is -2.80. The fourth-order valence-electron chi connectivity index (χ4n) is 4.60. The van der Waals surface area contributed by atoms with Crippen LogP contribution in [0.3, 0.4) is 0 Å². The molecular weight excluding hydrogens is 417 g/mol. The van der Waals surface area contributed by atoms with Gasteiger partial charge in [0.05, 0.1) is 12.0 Å². The van der Waals surface area contributed by atoms with Gasteiger partial charge < -0.3 is 14.8 Å². The molecule has 0 saturated heterocycles. The molecule has 7 heteroatoms. The zero-order valence-corrected chi connectivity index (χ0v) is 17.8. The van der Waals surface area contributed by atoms with Crippen LogP contribution in [-0.4, -0.2) is 22.0 Å². The van der Waals surface area contributed by atoms with E-state index in [4.69, 9.17) is 5.11 Å². The highest BCUT2D eigenvalue weighted by Gasteiger charge is 2.36. The lowest BCUT2D eigenvalue weighted by Crippen LogP contribution is -2.17. The van der Waals surface area contributed by atoms with E-state index in [1.165, 1.54) is 6.07 Å². The standard InChI is InChI=1S/C25H27F3N2O2/c26-25(27,28)23-14-19(6-7-22(23)18-4-2-1-3-5-18)20-13-21-12-17(9-11-30(21)16-20)15-29-10-8-24(31)32/h6-7,9,11-14,16,18,29H,1-5,8,10,15H2,(H,31,32). The van der Waals surface area contributed by atoms with Crippen LogP contribution >= 0.6 is 0 Å². The van der Waals surface area contributed by atoms with Crippen LogP contribution in [-0.2, 0) is 17.5 Å². The van der Waals surface area contributed by atoms with Crippen LogP contribution in [0.15, 0.2) is 48.8 Å². The van der Waals surface area contributed by atoms with E-state index in [1.807, 2.05) is 41.1 Å². The number of carboxylic acid groups (broad SMARTS) is 1. The van der Waals surface area contributed by atoms with Crippen LogP contribution < -0.4 is 5.32 Å². The minimum Gasteiger partial charge on any atom is -0.481 e. The second-order valence-corrected chi connectivity index (χ2v) is 8.55. The number of halogens is 3. The summed E-state index contributed by atoms with van der Waals surface area (Å²) in [4.78, 5) is 10.6. The SMILES string of the molecule is O=C(O)CCNCc1ccn2cc(-c3ccc(C4CCCCC4)c(C(F)(F)F)c3)cc2c1. The number of alkyl halides is 3. The average molecular weight is 444 g/mol. The first-order chi connectivity index (χ1) is 15.3. The molecule has 1 fully saturated rings. The fourth-order valence-corrected chi connectivity index (χ4v) is 4.60. The zero-order valence-electron chi connectivity index (χ0n) is 17.8. The summed E-state index contributed by atoms with van der Waals surface area (Å²) in [5, 5.41) is 11.8. The summed E-state index contributed by atoms with van der Waals surface area (Å²) < 4.78 is 43.6. The summed E-state index contributed by atoms with van der Waals surface area (Å²) >= 11 is 0. The van der Waals surface area contributed by atoms with E-state index in [0.717, 1.165) is 48.7 Å². The van der Waals surface area contributed by atoms with Crippen molar-refractivity contribution in [1.82, 2.24) is 9.72 Å². The smallest absolute Gasteiger partial charge is 0.416 e. The maximum Gasteiger partial charge on any atom is 0.416 e. The van der Waals surface area contributed by atoms with Crippen molar-refractivity contribution in [2.45, 2.75) is 57.2 Å². The van der Waals surface area contributed by atoms with Gasteiger partial charge in [-0.05, 0) is 59.7 Å². The van der Waals surface area contributed by atoms with Gasteiger partial charge in [0.25, 0.3) is 0 Å². The predicted molar refractivity (Wildman–Crippen MR) is 118 cm³/mol. The van der Waals surface area contributed by atoms with E-state index in [2.05, 4.69) is 5.32 Å². The second kappa shape index (κ2) is 9.36. The molecule has 4 rings (SSSR count). The number of aromatic nitrogens is 1. The third-order valence-corrected chi connectivity index (χ3v) is 6.24. The van der Waals surface area contributed by atoms with Gasteiger partial charge in [0, 0.05) is 36.6 Å². The van der Waals surface area contributed by atoms with Gasteiger partial charge in [-0.25, -0.2) is 0 Å². The minimum atomic E-state index is -4.38. The van der Waals surface area contributed by atoms with Gasteiger partial charge in [-0.1, -0.05) is 31.4 Å². The molecule has 32 heavy (non-hydrogen) atoms. The van der Waals surface area contributed by atoms with E-state index in [9.17, 15) is 18.0 Å². The first-order valence-electron chi connectivity index (χ1n) is 11.1. The molecule has 0 aliphatic heterocycles. The molecule has 4 nitrogen and oxygen atoms in total. The van der Waals surface area contributed by atoms with Gasteiger partial charge in [0.1, 0.15) is 0 Å². The van der Waals surface area contributed by atoms with Crippen LogP contribution in [0.25, 0.3) is 16.6 Å². The Bertz CT molecular complexity index is 1100. The molecule has 0 unspecified atom stereocenters. The topological polar surface area (TPSA) is 53.7 Å². The van der Waals surface area contributed by atoms with Gasteiger partial charge in [-0.3, -0.25) is 4.79 Å². The van der Waals surface area contributed by atoms with Gasteiger partial charge in [0.2, 0.25) is 0 Å². The number of hydrogen-bond donors (Lipinski definition) is 2. The van der Waals surface area contributed by atoms with Crippen molar-refractivity contribution in [3.8, 4) is 11.1 Å². The molecule has 0 radical (unpaired) electrons. The number of aliphatic carboxylic acids is 1. The van der Waals surface area contributed by atoms with Crippen molar-refractivity contribution < 1.29 is 23.1 Å². The molecule has 1 aliphatic carbocycles. The Balaban J connectivity index is 1.59. The first kappa shape index (κ1) is 22.4. The lowest BCUT2D eigenvalue weighted by Gasteiger charge is -2.25. The number of carboxylic acids is 1. The Morgan fingerprint density at radius 2 is 1.84 bits per heavy atom. The Morgan fingerprint density at radius 1 is 1.06 bits per heavy atom. The van der Waals surface area contributed by atoms with Crippen LogP contribution in [0.2, 0.25) is 0 Å². The molecule has 0 spiro atoms. The van der Waals surface area contributed by atoms with Crippen LogP contribution in [0.5, 0.6) is 0 Å². The highest BCUT2D eigenvalue weighted by atomic mass is 19.4. The van der Waals surface area contributed by atoms with Gasteiger partial charge >= 0.3 is 12.1 Å². The summed E-state index contributed by atoms with van der Waals surface area (Å²) in [7, 11) is 0. The lowest BCUT2D eigenvalue weighted by atomic mass is 9.81. The molecule has 0 atom stereocenters. The molecule has 2 N–H and O–H groups in total. The fraction of sp³-hybridized carbons (Fsp3) is 0.400. The van der Waals surface area contributed by atoms with Crippen LogP contribution in [0, 0.1) is 0 Å². The molecular formula is C25H27F3N2O2. The third-order valence-electron chi connectivity index (χ3n) is 6.24. The number of carbonyl (C=O) groups is 1.